The highest BCUT2D eigenvalue weighted by Gasteiger charge is 2.41. The van der Waals surface area contributed by atoms with Gasteiger partial charge in [0, 0.05) is 28.9 Å². The van der Waals surface area contributed by atoms with Crippen molar-refractivity contribution in [3.8, 4) is 0 Å². The number of hydrogen-bond donors (Lipinski definition) is 0. The van der Waals surface area contributed by atoms with Gasteiger partial charge in [-0.25, -0.2) is 4.74 Å². The Kier molecular flexibility index (Phi) is 5.92. The zero-order chi connectivity index (χ0) is 23.3. The molecule has 0 spiro atoms. The van der Waals surface area contributed by atoms with Gasteiger partial charge in [0.05, 0.1) is 5.69 Å². The maximum atomic E-state index is 6.46. The van der Waals surface area contributed by atoms with Crippen LogP contribution in [-0.4, -0.2) is 25.8 Å². The first-order chi connectivity index (χ1) is 15.1. The molecule has 0 saturated heterocycles. The van der Waals surface area contributed by atoms with E-state index in [1.807, 2.05) is 38.1 Å². The molecule has 6 heteroatoms. The molecule has 0 unspecified atom stereocenters. The second kappa shape index (κ2) is 8.26. The summed E-state index contributed by atoms with van der Waals surface area (Å²) in [6.45, 7) is 8.54. The first-order valence-corrected chi connectivity index (χ1v) is 12.9. The second-order valence-corrected chi connectivity index (χ2v) is 12.5. The molecular weight excluding hydrogens is 437 g/mol. The third-order valence-corrected chi connectivity index (χ3v) is 9.98. The van der Waals surface area contributed by atoms with Gasteiger partial charge in [-0.05, 0) is 75.2 Å². The maximum absolute atomic E-state index is 6.46. The minimum atomic E-state index is -2.42. The van der Waals surface area contributed by atoms with Gasteiger partial charge < -0.3 is 9.32 Å². The summed E-state index contributed by atoms with van der Waals surface area (Å²) in [5, 5.41) is 0.720. The van der Waals surface area contributed by atoms with Crippen molar-refractivity contribution in [2.75, 3.05) is 26.0 Å². The van der Waals surface area contributed by atoms with Gasteiger partial charge in [-0.3, -0.25) is 4.67 Å². The van der Waals surface area contributed by atoms with E-state index in [0.29, 0.717) is 0 Å². The van der Waals surface area contributed by atoms with Crippen LogP contribution in [0.2, 0.25) is 5.02 Å². The smallest absolute Gasteiger partial charge is 0.160 e. The van der Waals surface area contributed by atoms with E-state index in [4.69, 9.17) is 20.8 Å². The summed E-state index contributed by atoms with van der Waals surface area (Å²) in [7, 11) is 3.88. The standard InChI is InChI=1S/C26H31ClN3OP/c1-18-12-14-20(16-22(18)27)28-32(29(5)6,25-15-13-19(2)31-25)17-24-26(3,4)21-10-8-9-11-23(21)30(24)7/h8-17H,1-7H3/b24-17-/t32-/m1/s1. The second-order valence-electron chi connectivity index (χ2n) is 9.13. The average molecular weight is 468 g/mol. The van der Waals surface area contributed by atoms with Crippen LogP contribution in [0.3, 0.4) is 0 Å². The number of nitrogens with zero attached hydrogens (tertiary/aromatic N) is 3. The fraction of sp³-hybridized carbons (Fsp3) is 0.308. The average Bonchev–Trinajstić information content (AvgIpc) is 3.26. The Hall–Kier alpha value is -2.26. The summed E-state index contributed by atoms with van der Waals surface area (Å²) in [6.07, 6.45) is 0. The number of aryl methyl sites for hydroxylation is 2. The van der Waals surface area contributed by atoms with E-state index in [1.54, 1.807) is 0 Å². The molecule has 2 heterocycles. The van der Waals surface area contributed by atoms with Crippen LogP contribution in [0, 0.1) is 13.8 Å². The fourth-order valence-corrected chi connectivity index (χ4v) is 7.51. The van der Waals surface area contributed by atoms with Crippen LogP contribution in [0.15, 0.2) is 75.3 Å². The van der Waals surface area contributed by atoms with Crippen molar-refractivity contribution in [3.05, 3.63) is 88.0 Å². The van der Waals surface area contributed by atoms with Crippen LogP contribution >= 0.6 is 18.8 Å². The topological polar surface area (TPSA) is 32.0 Å². The van der Waals surface area contributed by atoms with E-state index < -0.39 is 7.21 Å². The molecular formula is C26H31ClN3OP. The van der Waals surface area contributed by atoms with E-state index in [0.717, 1.165) is 27.5 Å². The largest absolute Gasteiger partial charge is 0.459 e. The van der Waals surface area contributed by atoms with Gasteiger partial charge in [0.15, 0.2) is 5.50 Å². The molecule has 0 amide bonds. The van der Waals surface area contributed by atoms with Gasteiger partial charge in [-0.1, -0.05) is 49.7 Å². The molecule has 2 aromatic carbocycles. The normalized spacial score (nSPS) is 18.2. The number of benzene rings is 2. The molecule has 0 saturated carbocycles. The highest BCUT2D eigenvalue weighted by atomic mass is 35.5. The lowest BCUT2D eigenvalue weighted by Gasteiger charge is -2.31. The van der Waals surface area contributed by atoms with Crippen LogP contribution in [0.4, 0.5) is 11.4 Å². The predicted molar refractivity (Wildman–Crippen MR) is 138 cm³/mol. The zero-order valence-corrected chi connectivity index (χ0v) is 21.5. The lowest BCUT2D eigenvalue weighted by molar-refractivity contribution is 0.557. The van der Waals surface area contributed by atoms with Crippen molar-refractivity contribution in [2.45, 2.75) is 33.1 Å². The quantitative estimate of drug-likeness (QED) is 0.373. The molecule has 4 rings (SSSR count). The van der Waals surface area contributed by atoms with Gasteiger partial charge in [-0.15, -0.1) is 0 Å². The van der Waals surface area contributed by atoms with Crippen LogP contribution in [0.5, 0.6) is 0 Å². The van der Waals surface area contributed by atoms with E-state index in [1.165, 1.54) is 16.9 Å². The van der Waals surface area contributed by atoms with E-state index in [9.17, 15) is 0 Å². The number of anilines is 1. The summed E-state index contributed by atoms with van der Waals surface area (Å²) >= 11 is 6.46. The van der Waals surface area contributed by atoms with E-state index in [-0.39, 0.29) is 5.41 Å². The molecule has 0 aliphatic carbocycles. The first-order valence-electron chi connectivity index (χ1n) is 10.8. The van der Waals surface area contributed by atoms with Crippen LogP contribution in [0.25, 0.3) is 0 Å². The van der Waals surface area contributed by atoms with Crippen LogP contribution in [-0.2, 0) is 5.41 Å². The minimum absolute atomic E-state index is 0.158. The Morgan fingerprint density at radius 1 is 1.06 bits per heavy atom. The van der Waals surface area contributed by atoms with Gasteiger partial charge in [-0.2, -0.15) is 0 Å². The molecule has 1 aliphatic rings. The number of halogens is 1. The molecule has 1 atom stereocenters. The van der Waals surface area contributed by atoms with Gasteiger partial charge >= 0.3 is 0 Å². The maximum Gasteiger partial charge on any atom is 0.160 e. The number of furan rings is 1. The van der Waals surface area contributed by atoms with Crippen molar-refractivity contribution >= 4 is 35.7 Å². The number of hydrogen-bond acceptors (Lipinski definition) is 3. The molecule has 0 radical (unpaired) electrons. The summed E-state index contributed by atoms with van der Waals surface area (Å²) in [5.41, 5.74) is 6.38. The molecule has 168 valence electrons. The van der Waals surface area contributed by atoms with Gasteiger partial charge in [0.25, 0.3) is 0 Å². The summed E-state index contributed by atoms with van der Waals surface area (Å²) in [5.74, 6) is 3.23. The Bertz CT molecular complexity index is 1260. The number of likely N-dealkylation sites (N-methyl/N-ethyl adjacent to an activating group) is 1. The molecule has 0 fully saturated rings. The Morgan fingerprint density at radius 3 is 2.38 bits per heavy atom. The molecule has 32 heavy (non-hydrogen) atoms. The minimum Gasteiger partial charge on any atom is -0.459 e. The summed E-state index contributed by atoms with van der Waals surface area (Å²) in [6, 6.07) is 18.7. The molecule has 1 aromatic heterocycles. The lowest BCUT2D eigenvalue weighted by Crippen LogP contribution is -2.25. The fourth-order valence-electron chi connectivity index (χ4n) is 4.36. The lowest BCUT2D eigenvalue weighted by atomic mass is 9.84. The number of fused-ring (bicyclic) bond motifs is 1. The van der Waals surface area contributed by atoms with Crippen molar-refractivity contribution in [2.24, 2.45) is 4.74 Å². The van der Waals surface area contributed by atoms with Crippen molar-refractivity contribution in [1.29, 1.82) is 0 Å². The number of allylic oxidation sites excluding steroid dienone is 1. The van der Waals surface area contributed by atoms with Crippen LogP contribution < -0.4 is 10.4 Å². The summed E-state index contributed by atoms with van der Waals surface area (Å²) in [4.78, 5) is 2.29. The van der Waals surface area contributed by atoms with Crippen molar-refractivity contribution < 1.29 is 4.42 Å². The molecule has 4 nitrogen and oxygen atoms in total. The van der Waals surface area contributed by atoms with E-state index >= 15 is 0 Å². The van der Waals surface area contributed by atoms with Crippen molar-refractivity contribution in [1.82, 2.24) is 4.67 Å². The zero-order valence-electron chi connectivity index (χ0n) is 19.8. The molecule has 0 bridgehead atoms. The number of para-hydroxylation sites is 1. The molecule has 1 aliphatic heterocycles. The Balaban J connectivity index is 2.03. The molecule has 3 aromatic rings. The molecule has 0 N–H and O–H groups in total. The third kappa shape index (κ3) is 3.75. The highest BCUT2D eigenvalue weighted by molar-refractivity contribution is 7.74. The van der Waals surface area contributed by atoms with Crippen LogP contribution in [0.1, 0.15) is 30.7 Å². The monoisotopic (exact) mass is 467 g/mol. The van der Waals surface area contributed by atoms with Gasteiger partial charge in [0.1, 0.15) is 13.0 Å². The highest BCUT2D eigenvalue weighted by Crippen LogP contribution is 2.59. The Morgan fingerprint density at radius 2 is 1.78 bits per heavy atom. The van der Waals surface area contributed by atoms with E-state index in [2.05, 4.69) is 80.7 Å². The third-order valence-electron chi connectivity index (χ3n) is 6.33. The first kappa shape index (κ1) is 22.9. The number of rotatable bonds is 4. The Labute approximate surface area is 196 Å². The predicted octanol–water partition coefficient (Wildman–Crippen LogP) is 7.45. The van der Waals surface area contributed by atoms with Crippen molar-refractivity contribution in [3.63, 3.8) is 0 Å². The summed E-state index contributed by atoms with van der Waals surface area (Å²) < 4.78 is 13.8. The van der Waals surface area contributed by atoms with Gasteiger partial charge in [0.2, 0.25) is 0 Å². The SMILES string of the molecule is Cc1ccc([P@](/C=C2\N(C)c3ccccc3C2(C)C)(=Nc2ccc(C)c(Cl)c2)N(C)C)o1.